The van der Waals surface area contributed by atoms with Crippen LogP contribution in [0.4, 0.5) is 0 Å². The molecule has 0 unspecified atom stereocenters. The second-order valence-corrected chi connectivity index (χ2v) is 3.49. The van der Waals surface area contributed by atoms with Crippen molar-refractivity contribution in [2.45, 2.75) is 33.0 Å². The summed E-state index contributed by atoms with van der Waals surface area (Å²) in [6, 6.07) is 0. The molecule has 0 radical (unpaired) electrons. The van der Waals surface area contributed by atoms with E-state index in [-0.39, 0.29) is 0 Å². The first kappa shape index (κ1) is 13.1. The van der Waals surface area contributed by atoms with Crippen molar-refractivity contribution in [1.29, 1.82) is 0 Å². The summed E-state index contributed by atoms with van der Waals surface area (Å²) in [5.41, 5.74) is 0. The lowest BCUT2D eigenvalue weighted by molar-refractivity contribution is -0.146. The van der Waals surface area contributed by atoms with Crippen LogP contribution in [0.25, 0.3) is 0 Å². The number of aliphatic hydroxyl groups excluding tert-OH is 2. The van der Waals surface area contributed by atoms with Crippen molar-refractivity contribution in [3.63, 3.8) is 0 Å². The zero-order valence-electron chi connectivity index (χ0n) is 8.71. The fourth-order valence-corrected chi connectivity index (χ4v) is 1.18. The summed E-state index contributed by atoms with van der Waals surface area (Å²) < 4.78 is 0. The molecule has 0 aromatic carbocycles. The Hall–Kier alpha value is -0.870. The van der Waals surface area contributed by atoms with Crippen molar-refractivity contribution < 1.29 is 20.1 Å². The Kier molecular flexibility index (Phi) is 5.42. The van der Waals surface area contributed by atoms with Crippen LogP contribution in [0.1, 0.15) is 20.8 Å². The average Bonchev–Trinajstić information content (AvgIpc) is 2.14. The molecular weight excluding hydrogens is 184 g/mol. The lowest BCUT2D eigenvalue weighted by Gasteiger charge is -2.24. The number of aliphatic hydroxyl groups is 2. The molecule has 0 amide bonds. The van der Waals surface area contributed by atoms with E-state index < -0.39 is 30.0 Å². The first-order chi connectivity index (χ1) is 6.41. The minimum Gasteiger partial charge on any atom is -0.481 e. The van der Waals surface area contributed by atoms with Crippen molar-refractivity contribution in [3.8, 4) is 0 Å². The molecule has 0 aromatic rings. The van der Waals surface area contributed by atoms with Crippen LogP contribution in [0.2, 0.25) is 0 Å². The molecule has 0 aliphatic rings. The predicted molar refractivity (Wildman–Crippen MR) is 52.8 cm³/mol. The summed E-state index contributed by atoms with van der Waals surface area (Å²) in [7, 11) is 0. The van der Waals surface area contributed by atoms with Crippen LogP contribution >= 0.6 is 0 Å². The molecule has 0 spiro atoms. The maximum Gasteiger partial charge on any atom is 0.308 e. The molecule has 14 heavy (non-hydrogen) atoms. The Bertz CT molecular complexity index is 212. The van der Waals surface area contributed by atoms with E-state index in [2.05, 4.69) is 0 Å². The minimum absolute atomic E-state index is 0.489. The molecule has 0 saturated carbocycles. The molecule has 82 valence electrons. The number of aliphatic carboxylic acids is 1. The van der Waals surface area contributed by atoms with Crippen LogP contribution in [0.15, 0.2) is 12.2 Å². The molecular formula is C10H18O4. The van der Waals surface area contributed by atoms with E-state index in [4.69, 9.17) is 5.11 Å². The fourth-order valence-electron chi connectivity index (χ4n) is 1.18. The third-order valence-electron chi connectivity index (χ3n) is 2.37. The van der Waals surface area contributed by atoms with Gasteiger partial charge in [-0.2, -0.15) is 0 Å². The maximum atomic E-state index is 10.6. The Morgan fingerprint density at radius 1 is 1.29 bits per heavy atom. The van der Waals surface area contributed by atoms with Crippen molar-refractivity contribution in [3.05, 3.63) is 12.2 Å². The van der Waals surface area contributed by atoms with Gasteiger partial charge in [0.25, 0.3) is 0 Å². The zero-order valence-corrected chi connectivity index (χ0v) is 8.71. The number of hydrogen-bond acceptors (Lipinski definition) is 3. The SMILES string of the molecule is CC=C[C@@H](O)[C@H](C)[C@H](O)[C@@H](C)C(=O)O. The van der Waals surface area contributed by atoms with Gasteiger partial charge in [-0.25, -0.2) is 0 Å². The first-order valence-electron chi connectivity index (χ1n) is 4.63. The van der Waals surface area contributed by atoms with Gasteiger partial charge in [0.15, 0.2) is 0 Å². The monoisotopic (exact) mass is 202 g/mol. The second kappa shape index (κ2) is 5.78. The lowest BCUT2D eigenvalue weighted by atomic mass is 9.89. The van der Waals surface area contributed by atoms with E-state index in [1.807, 2.05) is 0 Å². The van der Waals surface area contributed by atoms with Gasteiger partial charge in [-0.1, -0.05) is 19.1 Å². The van der Waals surface area contributed by atoms with E-state index >= 15 is 0 Å². The number of hydrogen-bond donors (Lipinski definition) is 3. The standard InChI is InChI=1S/C10H18O4/c1-4-5-8(11)6(2)9(12)7(3)10(13)14/h4-9,11-12H,1-3H3,(H,13,14)/t6-,7+,8+,9-/m0/s1. The molecule has 0 saturated heterocycles. The van der Waals surface area contributed by atoms with Gasteiger partial charge in [0.2, 0.25) is 0 Å². The van der Waals surface area contributed by atoms with Gasteiger partial charge in [-0.3, -0.25) is 4.79 Å². The predicted octanol–water partition coefficient (Wildman–Crippen LogP) is 0.641. The third kappa shape index (κ3) is 3.47. The molecule has 4 atom stereocenters. The fraction of sp³-hybridized carbons (Fsp3) is 0.700. The third-order valence-corrected chi connectivity index (χ3v) is 2.37. The summed E-state index contributed by atoms with van der Waals surface area (Å²) >= 11 is 0. The second-order valence-electron chi connectivity index (χ2n) is 3.49. The van der Waals surface area contributed by atoms with Gasteiger partial charge in [0, 0.05) is 5.92 Å². The van der Waals surface area contributed by atoms with Crippen LogP contribution in [0, 0.1) is 11.8 Å². The van der Waals surface area contributed by atoms with Gasteiger partial charge in [0.05, 0.1) is 18.1 Å². The van der Waals surface area contributed by atoms with E-state index in [0.29, 0.717) is 0 Å². The molecule has 0 aromatic heterocycles. The van der Waals surface area contributed by atoms with Crippen LogP contribution in [-0.2, 0) is 4.79 Å². The highest BCUT2D eigenvalue weighted by molar-refractivity contribution is 5.70. The molecule has 3 N–H and O–H groups in total. The normalized spacial score (nSPS) is 20.4. The van der Waals surface area contributed by atoms with Crippen LogP contribution in [0.5, 0.6) is 0 Å². The van der Waals surface area contributed by atoms with Gasteiger partial charge < -0.3 is 15.3 Å². The van der Waals surface area contributed by atoms with E-state index in [1.54, 1.807) is 19.9 Å². The molecule has 4 heteroatoms. The highest BCUT2D eigenvalue weighted by Crippen LogP contribution is 2.17. The quantitative estimate of drug-likeness (QED) is 0.572. The van der Waals surface area contributed by atoms with Crippen LogP contribution in [-0.4, -0.2) is 33.5 Å². The largest absolute Gasteiger partial charge is 0.481 e. The smallest absolute Gasteiger partial charge is 0.308 e. The number of rotatable bonds is 5. The van der Waals surface area contributed by atoms with E-state index in [1.165, 1.54) is 13.0 Å². The highest BCUT2D eigenvalue weighted by Gasteiger charge is 2.29. The van der Waals surface area contributed by atoms with Crippen molar-refractivity contribution in [1.82, 2.24) is 0 Å². The highest BCUT2D eigenvalue weighted by atomic mass is 16.4. The molecule has 0 fully saturated rings. The van der Waals surface area contributed by atoms with Gasteiger partial charge >= 0.3 is 5.97 Å². The summed E-state index contributed by atoms with van der Waals surface area (Å²) in [6.45, 7) is 4.80. The van der Waals surface area contributed by atoms with Gasteiger partial charge in [-0.05, 0) is 13.8 Å². The zero-order chi connectivity index (χ0) is 11.3. The summed E-state index contributed by atoms with van der Waals surface area (Å²) in [5.74, 6) is -2.42. The molecule has 0 aliphatic heterocycles. The molecule has 0 aliphatic carbocycles. The van der Waals surface area contributed by atoms with Gasteiger partial charge in [0.1, 0.15) is 0 Å². The Morgan fingerprint density at radius 2 is 1.79 bits per heavy atom. The molecule has 0 heterocycles. The topological polar surface area (TPSA) is 77.8 Å². The van der Waals surface area contributed by atoms with E-state index in [9.17, 15) is 15.0 Å². The van der Waals surface area contributed by atoms with Crippen LogP contribution in [0.3, 0.4) is 0 Å². The molecule has 0 bridgehead atoms. The number of carboxylic acids is 1. The van der Waals surface area contributed by atoms with Crippen molar-refractivity contribution in [2.24, 2.45) is 11.8 Å². The van der Waals surface area contributed by atoms with E-state index in [0.717, 1.165) is 0 Å². The number of carbonyl (C=O) groups is 1. The van der Waals surface area contributed by atoms with Crippen LogP contribution < -0.4 is 0 Å². The Balaban J connectivity index is 4.37. The van der Waals surface area contributed by atoms with Gasteiger partial charge in [-0.15, -0.1) is 0 Å². The number of carboxylic acid groups (broad SMARTS) is 1. The van der Waals surface area contributed by atoms with Crippen molar-refractivity contribution in [2.75, 3.05) is 0 Å². The number of allylic oxidation sites excluding steroid dienone is 1. The summed E-state index contributed by atoms with van der Waals surface area (Å²) in [5, 5.41) is 27.7. The first-order valence-corrected chi connectivity index (χ1v) is 4.63. The minimum atomic E-state index is -1.06. The Labute approximate surface area is 83.9 Å². The summed E-state index contributed by atoms with van der Waals surface area (Å²) in [4.78, 5) is 10.6. The lowest BCUT2D eigenvalue weighted by Crippen LogP contribution is -2.36. The maximum absolute atomic E-state index is 10.6. The Morgan fingerprint density at radius 3 is 2.14 bits per heavy atom. The van der Waals surface area contributed by atoms with Crippen molar-refractivity contribution >= 4 is 5.97 Å². The molecule has 4 nitrogen and oxygen atoms in total. The molecule has 0 rings (SSSR count). The average molecular weight is 202 g/mol. The summed E-state index contributed by atoms with van der Waals surface area (Å²) in [6.07, 6.45) is 1.34.